The van der Waals surface area contributed by atoms with Crippen LogP contribution in [0, 0.1) is 17.8 Å². The fraction of sp³-hybridized carbons (Fsp3) is 0.783. The number of carbonyl (C=O) groups is 1. The average molecular weight is 479 g/mol. The number of nitrogens with zero attached hydrogens (tertiary/aromatic N) is 5. The number of ether oxygens (including phenoxy) is 2. The summed E-state index contributed by atoms with van der Waals surface area (Å²) in [6.07, 6.45) is 2.26. The van der Waals surface area contributed by atoms with Crippen molar-refractivity contribution in [1.82, 2.24) is 20.0 Å². The predicted molar refractivity (Wildman–Crippen MR) is 126 cm³/mol. The van der Waals surface area contributed by atoms with E-state index in [0.29, 0.717) is 48.4 Å². The number of piperidine rings is 1. The lowest BCUT2D eigenvalue weighted by Crippen LogP contribution is -2.71. The van der Waals surface area contributed by atoms with E-state index in [1.54, 1.807) is 0 Å². The van der Waals surface area contributed by atoms with E-state index < -0.39 is 5.60 Å². The number of nitrogen functional groups attached to an aromatic ring is 1. The molecule has 2 unspecified atom stereocenters. The van der Waals surface area contributed by atoms with E-state index in [1.165, 1.54) is 12.8 Å². The third-order valence-corrected chi connectivity index (χ3v) is 7.72. The third-order valence-electron chi connectivity index (χ3n) is 7.53. The van der Waals surface area contributed by atoms with Gasteiger partial charge in [-0.1, -0.05) is 11.6 Å². The van der Waals surface area contributed by atoms with Crippen LogP contribution in [-0.2, 0) is 9.47 Å². The summed E-state index contributed by atoms with van der Waals surface area (Å²) in [4.78, 5) is 19.2. The van der Waals surface area contributed by atoms with Gasteiger partial charge in [0.05, 0.1) is 18.8 Å². The zero-order valence-corrected chi connectivity index (χ0v) is 20.6. The Kier molecular flexibility index (Phi) is 5.86. The van der Waals surface area contributed by atoms with Crippen molar-refractivity contribution in [3.8, 4) is 0 Å². The highest BCUT2D eigenvalue weighted by Gasteiger charge is 2.51. The van der Waals surface area contributed by atoms with E-state index in [1.807, 2.05) is 31.7 Å². The van der Waals surface area contributed by atoms with Gasteiger partial charge < -0.3 is 25.0 Å². The van der Waals surface area contributed by atoms with Crippen LogP contribution in [0.25, 0.3) is 0 Å². The molecule has 2 bridgehead atoms. The zero-order valence-electron chi connectivity index (χ0n) is 19.8. The zero-order chi connectivity index (χ0) is 23.4. The van der Waals surface area contributed by atoms with Crippen LogP contribution in [0.15, 0.2) is 6.07 Å². The van der Waals surface area contributed by atoms with Crippen molar-refractivity contribution in [2.75, 3.05) is 63.1 Å². The van der Waals surface area contributed by atoms with Crippen LogP contribution < -0.4 is 10.6 Å². The van der Waals surface area contributed by atoms with Crippen LogP contribution in [0.2, 0.25) is 5.15 Å². The summed E-state index contributed by atoms with van der Waals surface area (Å²) in [5, 5.41) is 8.23. The molecule has 3 aliphatic heterocycles. The van der Waals surface area contributed by atoms with Gasteiger partial charge in [0.2, 0.25) is 0 Å². The molecule has 0 aromatic carbocycles. The van der Waals surface area contributed by atoms with Crippen molar-refractivity contribution in [2.24, 2.45) is 17.8 Å². The maximum Gasteiger partial charge on any atom is 0.410 e. The molecule has 9 nitrogen and oxygen atoms in total. The number of anilines is 2. The van der Waals surface area contributed by atoms with Gasteiger partial charge in [-0.2, -0.15) is 0 Å². The monoisotopic (exact) mass is 478 g/mol. The molecule has 2 N–H and O–H groups in total. The number of aromatic nitrogens is 2. The van der Waals surface area contributed by atoms with Gasteiger partial charge in [-0.25, -0.2) is 4.79 Å². The lowest BCUT2D eigenvalue weighted by Gasteiger charge is -2.55. The number of nitrogens with two attached hydrogens (primary N) is 1. The first-order chi connectivity index (χ1) is 15.6. The van der Waals surface area contributed by atoms with Gasteiger partial charge in [-0.15, -0.1) is 10.2 Å². The SMILES string of the molecule is CC(C)(C)OC(=O)N1CCOC2(CN(CC3C4CCC3CN(c3cc(Cl)nnc3N)C4)C2)C1. The number of hydrogen-bond donors (Lipinski definition) is 1. The summed E-state index contributed by atoms with van der Waals surface area (Å²) in [6.45, 7) is 12.3. The second-order valence-electron chi connectivity index (χ2n) is 11.2. The van der Waals surface area contributed by atoms with E-state index >= 15 is 0 Å². The summed E-state index contributed by atoms with van der Waals surface area (Å²) >= 11 is 6.07. The highest BCUT2D eigenvalue weighted by Crippen LogP contribution is 2.45. The maximum atomic E-state index is 12.5. The van der Waals surface area contributed by atoms with Crippen LogP contribution in [0.3, 0.4) is 0 Å². The Morgan fingerprint density at radius 1 is 1.24 bits per heavy atom. The Labute approximate surface area is 200 Å². The van der Waals surface area contributed by atoms with Crippen molar-refractivity contribution < 1.29 is 14.3 Å². The number of hydrogen-bond acceptors (Lipinski definition) is 8. The first kappa shape index (κ1) is 22.9. The van der Waals surface area contributed by atoms with Gasteiger partial charge in [0, 0.05) is 45.3 Å². The quantitative estimate of drug-likeness (QED) is 0.707. The minimum Gasteiger partial charge on any atom is -0.444 e. The summed E-state index contributed by atoms with van der Waals surface area (Å²) in [6, 6.07) is 1.83. The van der Waals surface area contributed by atoms with Crippen molar-refractivity contribution in [2.45, 2.75) is 44.8 Å². The number of likely N-dealkylation sites (tertiary alicyclic amines) is 1. The number of halogens is 1. The van der Waals surface area contributed by atoms with Gasteiger partial charge in [0.15, 0.2) is 11.0 Å². The molecule has 1 aromatic heterocycles. The van der Waals surface area contributed by atoms with E-state index in [2.05, 4.69) is 20.0 Å². The van der Waals surface area contributed by atoms with Crippen LogP contribution in [0.4, 0.5) is 16.3 Å². The number of amides is 1. The molecule has 33 heavy (non-hydrogen) atoms. The lowest BCUT2D eigenvalue weighted by molar-refractivity contribution is -0.184. The van der Waals surface area contributed by atoms with E-state index in [-0.39, 0.29) is 11.7 Å². The Bertz CT molecular complexity index is 889. The van der Waals surface area contributed by atoms with Crippen molar-refractivity contribution >= 4 is 29.2 Å². The van der Waals surface area contributed by atoms with Crippen LogP contribution in [-0.4, -0.2) is 89.7 Å². The van der Waals surface area contributed by atoms with E-state index in [4.69, 9.17) is 26.8 Å². The summed E-state index contributed by atoms with van der Waals surface area (Å²) in [7, 11) is 0. The minimum absolute atomic E-state index is 0.237. The fourth-order valence-corrected chi connectivity index (χ4v) is 6.31. The van der Waals surface area contributed by atoms with Crippen LogP contribution in [0.1, 0.15) is 33.6 Å². The Hall–Kier alpha value is -1.84. The van der Waals surface area contributed by atoms with Crippen molar-refractivity contribution in [3.63, 3.8) is 0 Å². The van der Waals surface area contributed by atoms with Gasteiger partial charge in [0.25, 0.3) is 0 Å². The molecule has 0 radical (unpaired) electrons. The van der Waals surface area contributed by atoms with Crippen molar-refractivity contribution in [3.05, 3.63) is 11.2 Å². The third kappa shape index (κ3) is 4.72. The smallest absolute Gasteiger partial charge is 0.410 e. The molecular weight excluding hydrogens is 444 g/mol. The first-order valence-electron chi connectivity index (χ1n) is 12.0. The predicted octanol–water partition coefficient (Wildman–Crippen LogP) is 2.50. The molecular formula is C23H35ClN6O3. The highest BCUT2D eigenvalue weighted by molar-refractivity contribution is 6.29. The van der Waals surface area contributed by atoms with Crippen molar-refractivity contribution in [1.29, 1.82) is 0 Å². The molecule has 10 heteroatoms. The lowest BCUT2D eigenvalue weighted by atomic mass is 9.82. The summed E-state index contributed by atoms with van der Waals surface area (Å²) in [5.41, 5.74) is 6.27. The average Bonchev–Trinajstić information content (AvgIpc) is 2.95. The standard InChI is InChI=1S/C23H35ClN6O3/c1-22(2,3)33-21(31)29-6-7-32-23(14-29)12-28(13-23)11-17-15-4-5-16(17)10-30(9-15)18-8-19(24)26-27-20(18)25/h8,15-17H,4-7,9-14H2,1-3H3,(H2,25,27). The van der Waals surface area contributed by atoms with Gasteiger partial charge in [-0.3, -0.25) is 4.90 Å². The second-order valence-corrected chi connectivity index (χ2v) is 11.6. The maximum absolute atomic E-state index is 12.5. The largest absolute Gasteiger partial charge is 0.444 e. The summed E-state index contributed by atoms with van der Waals surface area (Å²) < 4.78 is 11.7. The van der Waals surface area contributed by atoms with E-state index in [9.17, 15) is 4.79 Å². The Morgan fingerprint density at radius 2 is 1.94 bits per heavy atom. The molecule has 4 heterocycles. The van der Waals surface area contributed by atoms with Gasteiger partial charge in [0.1, 0.15) is 11.2 Å². The van der Waals surface area contributed by atoms with E-state index in [0.717, 1.165) is 38.4 Å². The normalized spacial score (nSPS) is 29.3. The van der Waals surface area contributed by atoms with Gasteiger partial charge >= 0.3 is 6.09 Å². The highest BCUT2D eigenvalue weighted by atomic mass is 35.5. The molecule has 1 spiro atoms. The topological polar surface area (TPSA) is 97.0 Å². The molecule has 2 atom stereocenters. The summed E-state index contributed by atoms with van der Waals surface area (Å²) in [5.74, 6) is 2.40. The number of rotatable bonds is 3. The molecule has 1 saturated carbocycles. The van der Waals surface area contributed by atoms with Crippen LogP contribution >= 0.6 is 11.6 Å². The second kappa shape index (κ2) is 8.43. The number of morpholine rings is 1. The molecule has 1 aromatic rings. The minimum atomic E-state index is -0.481. The fourth-order valence-electron chi connectivity index (χ4n) is 6.17. The van der Waals surface area contributed by atoms with Crippen LogP contribution in [0.5, 0.6) is 0 Å². The molecule has 1 aliphatic carbocycles. The molecule has 1 amide bonds. The molecule has 4 fully saturated rings. The molecule has 182 valence electrons. The Morgan fingerprint density at radius 3 is 2.61 bits per heavy atom. The molecule has 3 saturated heterocycles. The molecule has 4 aliphatic rings. The molecule has 5 rings (SSSR count). The number of fused-ring (bicyclic) bond motifs is 2. The van der Waals surface area contributed by atoms with Gasteiger partial charge in [-0.05, 0) is 51.4 Å². The Balaban J connectivity index is 1.16. The first-order valence-corrected chi connectivity index (χ1v) is 12.4. The number of carbonyl (C=O) groups excluding carboxylic acids is 1.